The lowest BCUT2D eigenvalue weighted by atomic mass is 9.86. The van der Waals surface area contributed by atoms with Gasteiger partial charge in [-0.25, -0.2) is 0 Å². The van der Waals surface area contributed by atoms with Crippen molar-refractivity contribution in [2.24, 2.45) is 0 Å². The molecule has 0 aromatic heterocycles. The van der Waals surface area contributed by atoms with Crippen LogP contribution in [0.1, 0.15) is 34.6 Å². The van der Waals surface area contributed by atoms with Crippen molar-refractivity contribution in [3.63, 3.8) is 0 Å². The first-order valence-corrected chi connectivity index (χ1v) is 8.25. The molecule has 0 unspecified atom stereocenters. The molecular formula is C22H22O2. The molecule has 0 saturated carbocycles. The monoisotopic (exact) mass is 318 g/mol. The molecule has 0 saturated heterocycles. The predicted molar refractivity (Wildman–Crippen MR) is 97.6 cm³/mol. The molecule has 0 bridgehead atoms. The van der Waals surface area contributed by atoms with E-state index in [2.05, 4.69) is 31.2 Å². The second-order valence-corrected chi connectivity index (χ2v) is 6.26. The summed E-state index contributed by atoms with van der Waals surface area (Å²) in [4.78, 5) is 0. The summed E-state index contributed by atoms with van der Waals surface area (Å²) in [5.41, 5.74) is 4.95. The number of rotatable bonds is 5. The van der Waals surface area contributed by atoms with Gasteiger partial charge in [0.15, 0.2) is 0 Å². The van der Waals surface area contributed by atoms with Crippen LogP contribution in [0.25, 0.3) is 0 Å². The van der Waals surface area contributed by atoms with Crippen molar-refractivity contribution in [2.45, 2.75) is 25.7 Å². The van der Waals surface area contributed by atoms with Crippen molar-refractivity contribution in [1.82, 2.24) is 0 Å². The second-order valence-electron chi connectivity index (χ2n) is 6.26. The molecule has 0 radical (unpaired) electrons. The molecular weight excluding hydrogens is 296 g/mol. The van der Waals surface area contributed by atoms with Crippen LogP contribution in [-0.4, -0.2) is 10.2 Å². The van der Waals surface area contributed by atoms with Crippen LogP contribution in [0.2, 0.25) is 0 Å². The third-order valence-electron chi connectivity index (χ3n) is 4.40. The Hall–Kier alpha value is -2.74. The van der Waals surface area contributed by atoms with E-state index in [0.717, 1.165) is 12.8 Å². The van der Waals surface area contributed by atoms with Gasteiger partial charge in [0.05, 0.1) is 0 Å². The van der Waals surface area contributed by atoms with E-state index in [1.54, 1.807) is 24.3 Å². The van der Waals surface area contributed by atoms with E-state index >= 15 is 0 Å². The SMILES string of the molecule is Cc1cccc(CCC(c2ccc(O)cc2)c2ccc(O)cc2)c1. The molecule has 3 rings (SSSR count). The molecule has 0 aliphatic heterocycles. The maximum Gasteiger partial charge on any atom is 0.115 e. The Morgan fingerprint density at radius 2 is 1.29 bits per heavy atom. The molecule has 24 heavy (non-hydrogen) atoms. The van der Waals surface area contributed by atoms with E-state index in [4.69, 9.17) is 0 Å². The van der Waals surface area contributed by atoms with Gasteiger partial charge in [0.25, 0.3) is 0 Å². The van der Waals surface area contributed by atoms with Gasteiger partial charge >= 0.3 is 0 Å². The van der Waals surface area contributed by atoms with Crippen molar-refractivity contribution in [3.8, 4) is 11.5 Å². The lowest BCUT2D eigenvalue weighted by Crippen LogP contribution is -2.03. The largest absolute Gasteiger partial charge is 0.508 e. The fraction of sp³-hybridized carbons (Fsp3) is 0.182. The van der Waals surface area contributed by atoms with Crippen LogP contribution in [0.15, 0.2) is 72.8 Å². The highest BCUT2D eigenvalue weighted by Gasteiger charge is 2.14. The molecule has 0 amide bonds. The van der Waals surface area contributed by atoms with Crippen molar-refractivity contribution >= 4 is 0 Å². The zero-order chi connectivity index (χ0) is 16.9. The minimum Gasteiger partial charge on any atom is -0.508 e. The van der Waals surface area contributed by atoms with Gasteiger partial charge in [0.1, 0.15) is 11.5 Å². The summed E-state index contributed by atoms with van der Waals surface area (Å²) in [5, 5.41) is 19.1. The van der Waals surface area contributed by atoms with Crippen LogP contribution in [-0.2, 0) is 6.42 Å². The molecule has 2 nitrogen and oxygen atoms in total. The second kappa shape index (κ2) is 7.22. The van der Waals surface area contributed by atoms with Crippen LogP contribution < -0.4 is 0 Å². The van der Waals surface area contributed by atoms with E-state index in [1.165, 1.54) is 22.3 Å². The summed E-state index contributed by atoms with van der Waals surface area (Å²) in [6, 6.07) is 23.4. The maximum atomic E-state index is 9.55. The smallest absolute Gasteiger partial charge is 0.115 e. The van der Waals surface area contributed by atoms with Gasteiger partial charge < -0.3 is 10.2 Å². The standard InChI is InChI=1S/C22H22O2/c1-16-3-2-4-17(15-16)5-14-22(18-6-10-20(23)11-7-18)19-8-12-21(24)13-9-19/h2-4,6-13,15,22-24H,5,14H2,1H3. The molecule has 0 atom stereocenters. The number of hydrogen-bond acceptors (Lipinski definition) is 2. The van der Waals surface area contributed by atoms with Crippen LogP contribution in [0.5, 0.6) is 11.5 Å². The Kier molecular flexibility index (Phi) is 4.85. The summed E-state index contributed by atoms with van der Waals surface area (Å²) >= 11 is 0. The number of phenolic OH excluding ortho intramolecular Hbond substituents is 2. The lowest BCUT2D eigenvalue weighted by Gasteiger charge is -2.18. The topological polar surface area (TPSA) is 40.5 Å². The van der Waals surface area contributed by atoms with Gasteiger partial charge in [-0.1, -0.05) is 54.1 Å². The van der Waals surface area contributed by atoms with Crippen LogP contribution in [0.4, 0.5) is 0 Å². The van der Waals surface area contributed by atoms with Gasteiger partial charge in [-0.2, -0.15) is 0 Å². The van der Waals surface area contributed by atoms with E-state index in [0.29, 0.717) is 0 Å². The predicted octanol–water partition coefficient (Wildman–Crippen LogP) is 5.17. The van der Waals surface area contributed by atoms with E-state index in [1.807, 2.05) is 24.3 Å². The zero-order valence-corrected chi connectivity index (χ0v) is 13.8. The van der Waals surface area contributed by atoms with Gasteiger partial charge in [-0.15, -0.1) is 0 Å². The van der Waals surface area contributed by atoms with Crippen molar-refractivity contribution in [2.75, 3.05) is 0 Å². The zero-order valence-electron chi connectivity index (χ0n) is 13.8. The molecule has 3 aromatic rings. The lowest BCUT2D eigenvalue weighted by molar-refractivity contribution is 0.475. The maximum absolute atomic E-state index is 9.55. The Morgan fingerprint density at radius 3 is 1.79 bits per heavy atom. The number of benzene rings is 3. The van der Waals surface area contributed by atoms with Gasteiger partial charge in [-0.05, 0) is 60.7 Å². The minimum absolute atomic E-state index is 0.228. The average molecular weight is 318 g/mol. The quantitative estimate of drug-likeness (QED) is 0.681. The molecule has 0 aliphatic carbocycles. The fourth-order valence-electron chi connectivity index (χ4n) is 3.12. The molecule has 2 N–H and O–H groups in total. The Balaban J connectivity index is 1.86. The number of hydrogen-bond donors (Lipinski definition) is 2. The number of aryl methyl sites for hydroxylation is 2. The molecule has 3 aromatic carbocycles. The molecule has 0 spiro atoms. The number of aromatic hydroxyl groups is 2. The first-order valence-electron chi connectivity index (χ1n) is 8.25. The summed E-state index contributed by atoms with van der Waals surface area (Å²) in [6.45, 7) is 2.11. The van der Waals surface area contributed by atoms with Gasteiger partial charge in [0, 0.05) is 5.92 Å². The highest BCUT2D eigenvalue weighted by molar-refractivity contribution is 5.38. The van der Waals surface area contributed by atoms with Crippen molar-refractivity contribution < 1.29 is 10.2 Å². The highest BCUT2D eigenvalue weighted by Crippen LogP contribution is 2.31. The molecule has 0 heterocycles. The van der Waals surface area contributed by atoms with Crippen LogP contribution in [0, 0.1) is 6.92 Å². The van der Waals surface area contributed by atoms with Crippen LogP contribution in [0.3, 0.4) is 0 Å². The van der Waals surface area contributed by atoms with Gasteiger partial charge in [-0.3, -0.25) is 0 Å². The fourth-order valence-corrected chi connectivity index (χ4v) is 3.12. The Bertz CT molecular complexity index is 743. The average Bonchev–Trinajstić information content (AvgIpc) is 2.58. The van der Waals surface area contributed by atoms with E-state index in [9.17, 15) is 10.2 Å². The summed E-state index contributed by atoms with van der Waals surface area (Å²) < 4.78 is 0. The molecule has 2 heteroatoms. The first-order chi connectivity index (χ1) is 11.6. The third kappa shape index (κ3) is 3.96. The number of phenols is 2. The molecule has 0 fully saturated rings. The minimum atomic E-state index is 0.228. The molecule has 122 valence electrons. The van der Waals surface area contributed by atoms with Crippen molar-refractivity contribution in [3.05, 3.63) is 95.1 Å². The highest BCUT2D eigenvalue weighted by atomic mass is 16.3. The van der Waals surface area contributed by atoms with E-state index in [-0.39, 0.29) is 17.4 Å². The summed E-state index contributed by atoms with van der Waals surface area (Å²) in [7, 11) is 0. The molecule has 0 aliphatic rings. The van der Waals surface area contributed by atoms with E-state index < -0.39 is 0 Å². The Labute approximate surface area is 143 Å². The third-order valence-corrected chi connectivity index (χ3v) is 4.40. The summed E-state index contributed by atoms with van der Waals surface area (Å²) in [6.07, 6.45) is 1.95. The normalized spacial score (nSPS) is 10.9. The van der Waals surface area contributed by atoms with Crippen LogP contribution >= 0.6 is 0 Å². The van der Waals surface area contributed by atoms with Crippen molar-refractivity contribution in [1.29, 1.82) is 0 Å². The summed E-state index contributed by atoms with van der Waals surface area (Å²) in [5.74, 6) is 0.787. The van der Waals surface area contributed by atoms with Gasteiger partial charge in [0.2, 0.25) is 0 Å². The first kappa shape index (κ1) is 16.1. The Morgan fingerprint density at radius 1 is 0.750 bits per heavy atom.